The molecule has 0 N–H and O–H groups in total. The second-order valence-corrected chi connectivity index (χ2v) is 3.30. The summed E-state index contributed by atoms with van der Waals surface area (Å²) < 4.78 is 9.98. The SMILES string of the molecule is COCCCOc1nc(Cl)ccc1[N+](=O)[O-]. The van der Waals surface area contributed by atoms with Gasteiger partial charge < -0.3 is 9.47 Å². The van der Waals surface area contributed by atoms with Gasteiger partial charge in [-0.1, -0.05) is 11.6 Å². The van der Waals surface area contributed by atoms with Crippen LogP contribution in [-0.2, 0) is 4.74 Å². The van der Waals surface area contributed by atoms with Gasteiger partial charge in [-0.25, -0.2) is 0 Å². The molecular weight excluding hydrogens is 236 g/mol. The molecule has 0 amide bonds. The molecule has 0 aliphatic rings. The maximum atomic E-state index is 10.6. The van der Waals surface area contributed by atoms with E-state index in [1.807, 2.05) is 0 Å². The summed E-state index contributed by atoms with van der Waals surface area (Å²) in [4.78, 5) is 13.8. The molecule has 1 aromatic rings. The number of halogens is 1. The fraction of sp³-hybridized carbons (Fsp3) is 0.444. The average molecular weight is 247 g/mol. The van der Waals surface area contributed by atoms with Gasteiger partial charge >= 0.3 is 5.69 Å². The van der Waals surface area contributed by atoms with Crippen molar-refractivity contribution in [2.75, 3.05) is 20.3 Å². The Hall–Kier alpha value is -1.40. The van der Waals surface area contributed by atoms with Gasteiger partial charge in [0.15, 0.2) is 0 Å². The van der Waals surface area contributed by atoms with Crippen molar-refractivity contribution in [2.24, 2.45) is 0 Å². The first kappa shape index (κ1) is 12.7. The standard InChI is InChI=1S/C9H11ClN2O4/c1-15-5-2-6-16-9-7(12(13)14)3-4-8(10)11-9/h3-4H,2,5-6H2,1H3. The third-order valence-electron chi connectivity index (χ3n) is 1.73. The normalized spacial score (nSPS) is 10.1. The number of ether oxygens (including phenoxy) is 2. The monoisotopic (exact) mass is 246 g/mol. The molecule has 88 valence electrons. The molecule has 0 saturated carbocycles. The zero-order valence-corrected chi connectivity index (χ0v) is 9.44. The molecule has 1 aromatic heterocycles. The lowest BCUT2D eigenvalue weighted by Crippen LogP contribution is -2.04. The lowest BCUT2D eigenvalue weighted by molar-refractivity contribution is -0.386. The largest absolute Gasteiger partial charge is 0.473 e. The van der Waals surface area contributed by atoms with Crippen LogP contribution in [0.5, 0.6) is 5.88 Å². The van der Waals surface area contributed by atoms with Crippen molar-refractivity contribution >= 4 is 17.3 Å². The van der Waals surface area contributed by atoms with Gasteiger partial charge in [0.2, 0.25) is 0 Å². The fourth-order valence-corrected chi connectivity index (χ4v) is 1.17. The summed E-state index contributed by atoms with van der Waals surface area (Å²) in [5.74, 6) is -0.0615. The summed E-state index contributed by atoms with van der Waals surface area (Å²) in [5, 5.41) is 10.8. The van der Waals surface area contributed by atoms with Gasteiger partial charge in [-0.3, -0.25) is 10.1 Å². The highest BCUT2D eigenvalue weighted by molar-refractivity contribution is 6.29. The fourth-order valence-electron chi connectivity index (χ4n) is 1.03. The highest BCUT2D eigenvalue weighted by atomic mass is 35.5. The molecule has 0 aliphatic heterocycles. The minimum Gasteiger partial charge on any atom is -0.473 e. The second-order valence-electron chi connectivity index (χ2n) is 2.91. The van der Waals surface area contributed by atoms with Crippen LogP contribution >= 0.6 is 11.6 Å². The third kappa shape index (κ3) is 3.63. The summed E-state index contributed by atoms with van der Waals surface area (Å²) in [6, 6.07) is 2.61. The Kier molecular flexibility index (Phi) is 4.94. The first-order chi connectivity index (χ1) is 7.65. The summed E-state index contributed by atoms with van der Waals surface area (Å²) in [6.45, 7) is 0.816. The molecule has 0 fully saturated rings. The molecule has 7 heteroatoms. The zero-order valence-electron chi connectivity index (χ0n) is 8.68. The van der Waals surface area contributed by atoms with E-state index in [2.05, 4.69) is 4.98 Å². The van der Waals surface area contributed by atoms with E-state index in [4.69, 9.17) is 21.1 Å². The van der Waals surface area contributed by atoms with Crippen molar-refractivity contribution in [3.05, 3.63) is 27.4 Å². The zero-order chi connectivity index (χ0) is 12.0. The quantitative estimate of drug-likeness (QED) is 0.332. The molecule has 0 aliphatic carbocycles. The number of hydrogen-bond acceptors (Lipinski definition) is 5. The Morgan fingerprint density at radius 2 is 2.25 bits per heavy atom. The van der Waals surface area contributed by atoms with E-state index in [0.717, 1.165) is 0 Å². The highest BCUT2D eigenvalue weighted by Gasteiger charge is 2.16. The van der Waals surface area contributed by atoms with Gasteiger partial charge in [0.05, 0.1) is 11.5 Å². The van der Waals surface area contributed by atoms with E-state index in [1.54, 1.807) is 7.11 Å². The van der Waals surface area contributed by atoms with Crippen LogP contribution < -0.4 is 4.74 Å². The molecule has 6 nitrogen and oxygen atoms in total. The number of nitro groups is 1. The van der Waals surface area contributed by atoms with Gasteiger partial charge in [0.1, 0.15) is 5.15 Å². The number of aromatic nitrogens is 1. The third-order valence-corrected chi connectivity index (χ3v) is 1.94. The van der Waals surface area contributed by atoms with Crippen LogP contribution in [0.1, 0.15) is 6.42 Å². The molecule has 0 aromatic carbocycles. The molecule has 0 unspecified atom stereocenters. The molecule has 1 heterocycles. The lowest BCUT2D eigenvalue weighted by atomic mass is 10.4. The summed E-state index contributed by atoms with van der Waals surface area (Å²) in [7, 11) is 1.57. The summed E-state index contributed by atoms with van der Waals surface area (Å²) in [5.41, 5.74) is -0.193. The minimum atomic E-state index is -0.561. The smallest absolute Gasteiger partial charge is 0.331 e. The molecular formula is C9H11ClN2O4. The number of pyridine rings is 1. The van der Waals surface area contributed by atoms with Crippen molar-refractivity contribution in [3.8, 4) is 5.88 Å². The van der Waals surface area contributed by atoms with E-state index in [-0.39, 0.29) is 16.7 Å². The van der Waals surface area contributed by atoms with Crippen molar-refractivity contribution in [3.63, 3.8) is 0 Å². The van der Waals surface area contributed by atoms with Crippen molar-refractivity contribution in [1.29, 1.82) is 0 Å². The highest BCUT2D eigenvalue weighted by Crippen LogP contribution is 2.26. The van der Waals surface area contributed by atoms with Crippen LogP contribution in [0.25, 0.3) is 0 Å². The number of hydrogen-bond donors (Lipinski definition) is 0. The molecule has 16 heavy (non-hydrogen) atoms. The van der Waals surface area contributed by atoms with E-state index in [1.165, 1.54) is 12.1 Å². The van der Waals surface area contributed by atoms with Crippen molar-refractivity contribution in [2.45, 2.75) is 6.42 Å². The lowest BCUT2D eigenvalue weighted by Gasteiger charge is -2.05. The Bertz CT molecular complexity index is 373. The Morgan fingerprint density at radius 1 is 1.50 bits per heavy atom. The van der Waals surface area contributed by atoms with E-state index in [0.29, 0.717) is 19.6 Å². The Morgan fingerprint density at radius 3 is 2.88 bits per heavy atom. The second kappa shape index (κ2) is 6.24. The van der Waals surface area contributed by atoms with Crippen molar-refractivity contribution < 1.29 is 14.4 Å². The Balaban J connectivity index is 2.68. The predicted molar refractivity (Wildman–Crippen MR) is 57.9 cm³/mol. The van der Waals surface area contributed by atoms with E-state index >= 15 is 0 Å². The number of methoxy groups -OCH3 is 1. The van der Waals surface area contributed by atoms with Crippen LogP contribution in [0.2, 0.25) is 5.15 Å². The summed E-state index contributed by atoms with van der Waals surface area (Å²) >= 11 is 5.62. The van der Waals surface area contributed by atoms with Gasteiger partial charge in [-0.15, -0.1) is 0 Å². The van der Waals surface area contributed by atoms with Crippen LogP contribution in [0, 0.1) is 10.1 Å². The Labute approximate surface area is 97.3 Å². The molecule has 0 radical (unpaired) electrons. The first-order valence-corrected chi connectivity index (χ1v) is 4.95. The van der Waals surface area contributed by atoms with Crippen LogP contribution in [0.15, 0.2) is 12.1 Å². The van der Waals surface area contributed by atoms with Gasteiger partial charge in [0, 0.05) is 26.2 Å². The number of nitrogens with zero attached hydrogens (tertiary/aromatic N) is 2. The first-order valence-electron chi connectivity index (χ1n) is 4.58. The number of rotatable bonds is 6. The van der Waals surface area contributed by atoms with Gasteiger partial charge in [0.25, 0.3) is 5.88 Å². The average Bonchev–Trinajstić information content (AvgIpc) is 2.24. The maximum Gasteiger partial charge on any atom is 0.331 e. The van der Waals surface area contributed by atoms with Gasteiger partial charge in [-0.2, -0.15) is 4.98 Å². The minimum absolute atomic E-state index is 0.0615. The van der Waals surface area contributed by atoms with Crippen LogP contribution in [0.3, 0.4) is 0 Å². The molecule has 0 spiro atoms. The predicted octanol–water partition coefficient (Wildman–Crippen LogP) is 2.06. The maximum absolute atomic E-state index is 10.6. The van der Waals surface area contributed by atoms with E-state index in [9.17, 15) is 10.1 Å². The molecule has 0 atom stereocenters. The summed E-state index contributed by atoms with van der Waals surface area (Å²) in [6.07, 6.45) is 0.627. The van der Waals surface area contributed by atoms with Crippen molar-refractivity contribution in [1.82, 2.24) is 4.98 Å². The van der Waals surface area contributed by atoms with Gasteiger partial charge in [-0.05, 0) is 6.07 Å². The van der Waals surface area contributed by atoms with E-state index < -0.39 is 4.92 Å². The van der Waals surface area contributed by atoms with Crippen LogP contribution in [-0.4, -0.2) is 30.2 Å². The molecule has 1 rings (SSSR count). The molecule has 0 bridgehead atoms. The van der Waals surface area contributed by atoms with Crippen LogP contribution in [0.4, 0.5) is 5.69 Å². The topological polar surface area (TPSA) is 74.5 Å². The molecule has 0 saturated heterocycles.